The summed E-state index contributed by atoms with van der Waals surface area (Å²) in [6.07, 6.45) is 1.18. The number of nitrogens with zero attached hydrogens (tertiary/aromatic N) is 3. The van der Waals surface area contributed by atoms with Crippen LogP contribution in [0.15, 0.2) is 4.99 Å². The normalized spacial score (nSPS) is 26.3. The molecule has 0 bridgehead atoms. The lowest BCUT2D eigenvalue weighted by Gasteiger charge is -2.39. The molecule has 8 nitrogen and oxygen atoms in total. The monoisotopic (exact) mass is 386 g/mol. The van der Waals surface area contributed by atoms with Gasteiger partial charge in [-0.1, -0.05) is 0 Å². The van der Waals surface area contributed by atoms with Crippen LogP contribution in [0, 0.1) is 5.92 Å². The number of hydrogen-bond acceptors (Lipinski definition) is 7. The molecule has 3 aliphatic heterocycles. The van der Waals surface area contributed by atoms with Gasteiger partial charge < -0.3 is 19.9 Å². The number of ether oxygens (including phenoxy) is 1. The van der Waals surface area contributed by atoms with Gasteiger partial charge in [0.25, 0.3) is 0 Å². The Hall–Kier alpha value is -1.51. The smallest absolute Gasteiger partial charge is 0.410 e. The molecule has 0 aliphatic carbocycles. The molecule has 2 saturated heterocycles. The molecule has 0 radical (unpaired) electrons. The van der Waals surface area contributed by atoms with Crippen molar-refractivity contribution < 1.29 is 17.9 Å². The van der Waals surface area contributed by atoms with Gasteiger partial charge in [0.2, 0.25) is 0 Å². The molecule has 3 rings (SSSR count). The SMILES string of the molecule is CC(C)(C)OC(=O)N1CCN2C(NCC3CCS(=O)(=O)CC3)=NCC2C1. The highest BCUT2D eigenvalue weighted by atomic mass is 32.2. The second-order valence-electron chi connectivity index (χ2n) is 8.41. The van der Waals surface area contributed by atoms with Crippen molar-refractivity contribution in [1.29, 1.82) is 0 Å². The lowest BCUT2D eigenvalue weighted by atomic mass is 10.0. The molecular formula is C17H30N4O4S. The van der Waals surface area contributed by atoms with E-state index in [0.717, 1.165) is 31.9 Å². The summed E-state index contributed by atoms with van der Waals surface area (Å²) in [6.45, 7) is 9.01. The highest BCUT2D eigenvalue weighted by molar-refractivity contribution is 7.91. The molecular weight excluding hydrogens is 356 g/mol. The van der Waals surface area contributed by atoms with Gasteiger partial charge in [-0.15, -0.1) is 0 Å². The number of carbonyl (C=O) groups is 1. The van der Waals surface area contributed by atoms with Gasteiger partial charge in [-0.3, -0.25) is 4.99 Å². The van der Waals surface area contributed by atoms with Crippen LogP contribution in [0.3, 0.4) is 0 Å². The Labute approximate surface area is 155 Å². The van der Waals surface area contributed by atoms with Crippen LogP contribution < -0.4 is 5.32 Å². The van der Waals surface area contributed by atoms with Crippen LogP contribution in [0.5, 0.6) is 0 Å². The third-order valence-corrected chi connectivity index (χ3v) is 6.80. The molecule has 1 amide bonds. The Morgan fingerprint density at radius 2 is 1.96 bits per heavy atom. The van der Waals surface area contributed by atoms with E-state index in [-0.39, 0.29) is 12.1 Å². The van der Waals surface area contributed by atoms with Gasteiger partial charge in [-0.25, -0.2) is 13.2 Å². The average Bonchev–Trinajstić information content (AvgIpc) is 2.94. The summed E-state index contributed by atoms with van der Waals surface area (Å²) in [4.78, 5) is 20.8. The fourth-order valence-electron chi connectivity index (χ4n) is 3.60. The maximum absolute atomic E-state index is 12.3. The molecule has 1 N–H and O–H groups in total. The van der Waals surface area contributed by atoms with Gasteiger partial charge in [-0.2, -0.15) is 0 Å². The van der Waals surface area contributed by atoms with Crippen LogP contribution in [0.4, 0.5) is 4.79 Å². The molecule has 0 aromatic rings. The standard InChI is InChI=1S/C17H30N4O4S/c1-17(2,3)25-16(22)20-6-7-21-14(12-20)11-19-15(21)18-10-13-4-8-26(23,24)9-5-13/h13-14H,4-12H2,1-3H3,(H,18,19). The molecule has 0 spiro atoms. The lowest BCUT2D eigenvalue weighted by Crippen LogP contribution is -2.57. The Kier molecular flexibility index (Phi) is 5.37. The molecule has 2 fully saturated rings. The van der Waals surface area contributed by atoms with Gasteiger partial charge in [-0.05, 0) is 39.5 Å². The Morgan fingerprint density at radius 1 is 1.27 bits per heavy atom. The zero-order chi connectivity index (χ0) is 18.9. The molecule has 1 atom stereocenters. The van der Waals surface area contributed by atoms with Gasteiger partial charge in [0.05, 0.1) is 24.1 Å². The topological polar surface area (TPSA) is 91.3 Å². The predicted molar refractivity (Wildman–Crippen MR) is 100.0 cm³/mol. The van der Waals surface area contributed by atoms with Crippen LogP contribution in [0.2, 0.25) is 0 Å². The summed E-state index contributed by atoms with van der Waals surface area (Å²) in [6, 6.07) is 0.186. The van der Waals surface area contributed by atoms with E-state index in [1.165, 1.54) is 0 Å². The predicted octanol–water partition coefficient (Wildman–Crippen LogP) is 0.692. The summed E-state index contributed by atoms with van der Waals surface area (Å²) in [5.41, 5.74) is -0.486. The lowest BCUT2D eigenvalue weighted by molar-refractivity contribution is 0.0137. The number of piperazine rings is 1. The van der Waals surface area contributed by atoms with Crippen molar-refractivity contribution in [1.82, 2.24) is 15.1 Å². The van der Waals surface area contributed by atoms with Crippen LogP contribution in [-0.2, 0) is 14.6 Å². The van der Waals surface area contributed by atoms with E-state index in [1.54, 1.807) is 4.90 Å². The minimum atomic E-state index is -2.82. The molecule has 3 heterocycles. The second-order valence-corrected chi connectivity index (χ2v) is 10.7. The number of aliphatic imine (C=N–C) groups is 1. The number of sulfone groups is 1. The molecule has 0 saturated carbocycles. The molecule has 1 unspecified atom stereocenters. The minimum absolute atomic E-state index is 0.186. The highest BCUT2D eigenvalue weighted by Gasteiger charge is 2.36. The first-order chi connectivity index (χ1) is 12.1. The molecule has 0 aromatic carbocycles. The Balaban J connectivity index is 1.46. The van der Waals surface area contributed by atoms with E-state index in [9.17, 15) is 13.2 Å². The van der Waals surface area contributed by atoms with Crippen molar-refractivity contribution in [3.8, 4) is 0 Å². The molecule has 9 heteroatoms. The van der Waals surface area contributed by atoms with Crippen LogP contribution >= 0.6 is 0 Å². The van der Waals surface area contributed by atoms with Crippen molar-refractivity contribution in [2.45, 2.75) is 45.3 Å². The minimum Gasteiger partial charge on any atom is -0.444 e. The highest BCUT2D eigenvalue weighted by Crippen LogP contribution is 2.21. The number of carbonyl (C=O) groups excluding carboxylic acids is 1. The molecule has 26 heavy (non-hydrogen) atoms. The van der Waals surface area contributed by atoms with Crippen molar-refractivity contribution in [3.63, 3.8) is 0 Å². The maximum atomic E-state index is 12.3. The molecule has 3 aliphatic rings. The first-order valence-corrected chi connectivity index (χ1v) is 11.2. The number of guanidine groups is 1. The molecule has 0 aromatic heterocycles. The second kappa shape index (κ2) is 7.25. The van der Waals surface area contributed by atoms with Gasteiger partial charge >= 0.3 is 6.09 Å². The van der Waals surface area contributed by atoms with E-state index in [1.807, 2.05) is 20.8 Å². The van der Waals surface area contributed by atoms with E-state index in [0.29, 0.717) is 37.1 Å². The Morgan fingerprint density at radius 3 is 2.62 bits per heavy atom. The summed E-state index contributed by atoms with van der Waals surface area (Å²) in [5, 5.41) is 3.41. The fourth-order valence-corrected chi connectivity index (χ4v) is 5.19. The zero-order valence-electron chi connectivity index (χ0n) is 15.9. The quantitative estimate of drug-likeness (QED) is 0.751. The first-order valence-electron chi connectivity index (χ1n) is 9.36. The van der Waals surface area contributed by atoms with E-state index in [2.05, 4.69) is 15.2 Å². The summed E-state index contributed by atoms with van der Waals surface area (Å²) < 4.78 is 28.5. The van der Waals surface area contributed by atoms with Crippen molar-refractivity contribution in [2.75, 3.05) is 44.2 Å². The van der Waals surface area contributed by atoms with Crippen LogP contribution in [0.25, 0.3) is 0 Å². The van der Waals surface area contributed by atoms with Crippen molar-refractivity contribution >= 4 is 21.9 Å². The van der Waals surface area contributed by atoms with Crippen molar-refractivity contribution in [2.24, 2.45) is 10.9 Å². The number of fused-ring (bicyclic) bond motifs is 1. The Bertz CT molecular complexity index is 657. The number of nitrogens with one attached hydrogen (secondary N) is 1. The van der Waals surface area contributed by atoms with E-state index in [4.69, 9.17) is 4.74 Å². The van der Waals surface area contributed by atoms with E-state index < -0.39 is 15.4 Å². The van der Waals surface area contributed by atoms with Gasteiger partial charge in [0.15, 0.2) is 5.96 Å². The van der Waals surface area contributed by atoms with E-state index >= 15 is 0 Å². The third kappa shape index (κ3) is 4.81. The fraction of sp³-hybridized carbons (Fsp3) is 0.882. The zero-order valence-corrected chi connectivity index (χ0v) is 16.7. The number of rotatable bonds is 2. The number of amides is 1. The largest absolute Gasteiger partial charge is 0.444 e. The summed E-state index contributed by atoms with van der Waals surface area (Å²) >= 11 is 0. The number of hydrogen-bond donors (Lipinski definition) is 1. The summed E-state index contributed by atoms with van der Waals surface area (Å²) in [7, 11) is -2.82. The van der Waals surface area contributed by atoms with Crippen molar-refractivity contribution in [3.05, 3.63) is 0 Å². The average molecular weight is 387 g/mol. The third-order valence-electron chi connectivity index (χ3n) is 5.08. The van der Waals surface area contributed by atoms with Gasteiger partial charge in [0, 0.05) is 26.2 Å². The van der Waals surface area contributed by atoms with Gasteiger partial charge in [0.1, 0.15) is 15.4 Å². The molecule has 148 valence electrons. The summed E-state index contributed by atoms with van der Waals surface area (Å²) in [5.74, 6) is 1.85. The van der Waals surface area contributed by atoms with Crippen LogP contribution in [0.1, 0.15) is 33.6 Å². The van der Waals surface area contributed by atoms with Crippen LogP contribution in [-0.4, -0.2) is 86.1 Å². The first kappa shape index (κ1) is 19.3. The maximum Gasteiger partial charge on any atom is 0.410 e.